The van der Waals surface area contributed by atoms with Gasteiger partial charge in [0, 0.05) is 25.7 Å². The van der Waals surface area contributed by atoms with Gasteiger partial charge in [-0.2, -0.15) is 0 Å². The standard InChI is InChI=1S/C30H35FN2O/c1-24(25-10-14-28(31)15-11-25)33(23-22-32-19-6-7-20-32)21-18-30(26-8-4-3-5-9-26)27-12-16-29(34-2)17-13-27/h3-5,8-18,24H,6-7,19-23H2,1-2H3/b30-18-/t24-/m1/s1. The van der Waals surface area contributed by atoms with Crippen molar-refractivity contribution in [2.75, 3.05) is 39.8 Å². The van der Waals surface area contributed by atoms with Gasteiger partial charge in [-0.25, -0.2) is 4.39 Å². The van der Waals surface area contributed by atoms with Gasteiger partial charge in [-0.1, -0.05) is 60.7 Å². The molecule has 0 radical (unpaired) electrons. The molecule has 1 aliphatic rings. The Bertz CT molecular complexity index is 1040. The number of hydrogen-bond donors (Lipinski definition) is 0. The van der Waals surface area contributed by atoms with Crippen LogP contribution in [-0.2, 0) is 0 Å². The summed E-state index contributed by atoms with van der Waals surface area (Å²) in [6, 6.07) is 25.9. The number of ether oxygens (including phenoxy) is 1. The van der Waals surface area contributed by atoms with Crippen molar-refractivity contribution in [1.82, 2.24) is 9.80 Å². The van der Waals surface area contributed by atoms with E-state index in [-0.39, 0.29) is 11.9 Å². The minimum Gasteiger partial charge on any atom is -0.497 e. The number of nitrogens with zero attached hydrogens (tertiary/aromatic N) is 2. The maximum atomic E-state index is 13.5. The minimum atomic E-state index is -0.190. The summed E-state index contributed by atoms with van der Waals surface area (Å²) in [5, 5.41) is 0. The molecule has 1 heterocycles. The number of hydrogen-bond acceptors (Lipinski definition) is 3. The molecule has 0 aromatic heterocycles. The number of rotatable bonds is 10. The zero-order chi connectivity index (χ0) is 23.8. The maximum absolute atomic E-state index is 13.5. The van der Waals surface area contributed by atoms with Crippen molar-refractivity contribution < 1.29 is 9.13 Å². The van der Waals surface area contributed by atoms with Crippen molar-refractivity contribution in [2.45, 2.75) is 25.8 Å². The van der Waals surface area contributed by atoms with Gasteiger partial charge in [0.25, 0.3) is 0 Å². The molecule has 1 atom stereocenters. The maximum Gasteiger partial charge on any atom is 0.123 e. The predicted octanol–water partition coefficient (Wildman–Crippen LogP) is 6.43. The number of halogens is 1. The van der Waals surface area contributed by atoms with Crippen LogP contribution < -0.4 is 4.74 Å². The molecule has 0 unspecified atom stereocenters. The lowest BCUT2D eigenvalue weighted by Crippen LogP contribution is -2.35. The van der Waals surface area contributed by atoms with Crippen LogP contribution in [0.5, 0.6) is 5.75 Å². The Morgan fingerprint density at radius 1 is 0.941 bits per heavy atom. The Morgan fingerprint density at radius 2 is 1.59 bits per heavy atom. The van der Waals surface area contributed by atoms with Gasteiger partial charge >= 0.3 is 0 Å². The van der Waals surface area contributed by atoms with E-state index < -0.39 is 0 Å². The van der Waals surface area contributed by atoms with E-state index in [1.165, 1.54) is 42.6 Å². The first-order chi connectivity index (χ1) is 16.6. The van der Waals surface area contributed by atoms with Gasteiger partial charge in [-0.3, -0.25) is 4.90 Å². The molecule has 1 saturated heterocycles. The van der Waals surface area contributed by atoms with E-state index in [0.29, 0.717) is 0 Å². The molecular weight excluding hydrogens is 423 g/mol. The molecule has 0 aliphatic carbocycles. The monoisotopic (exact) mass is 458 g/mol. The van der Waals surface area contributed by atoms with Crippen molar-refractivity contribution >= 4 is 5.57 Å². The second-order valence-electron chi connectivity index (χ2n) is 8.98. The normalized spacial score (nSPS) is 15.6. The number of benzene rings is 3. The molecule has 0 spiro atoms. The van der Waals surface area contributed by atoms with E-state index in [1.807, 2.05) is 30.3 Å². The molecule has 4 rings (SSSR count). The van der Waals surface area contributed by atoms with Gasteiger partial charge in [0.2, 0.25) is 0 Å². The molecular formula is C30H35FN2O. The summed E-state index contributed by atoms with van der Waals surface area (Å²) < 4.78 is 18.9. The molecule has 4 heteroatoms. The van der Waals surface area contributed by atoms with E-state index in [1.54, 1.807) is 19.2 Å². The first-order valence-corrected chi connectivity index (χ1v) is 12.3. The minimum absolute atomic E-state index is 0.187. The van der Waals surface area contributed by atoms with Crippen LogP contribution in [0.4, 0.5) is 4.39 Å². The van der Waals surface area contributed by atoms with Crippen LogP contribution in [0.2, 0.25) is 0 Å². The first kappa shape index (κ1) is 24.2. The summed E-state index contributed by atoms with van der Waals surface area (Å²) in [5.74, 6) is 0.665. The first-order valence-electron chi connectivity index (χ1n) is 12.3. The molecule has 34 heavy (non-hydrogen) atoms. The van der Waals surface area contributed by atoms with Crippen molar-refractivity contribution in [2.24, 2.45) is 0 Å². The topological polar surface area (TPSA) is 15.7 Å². The highest BCUT2D eigenvalue weighted by molar-refractivity contribution is 5.80. The van der Waals surface area contributed by atoms with Gasteiger partial charge < -0.3 is 9.64 Å². The van der Waals surface area contributed by atoms with Crippen LogP contribution in [0.15, 0.2) is 84.9 Å². The highest BCUT2D eigenvalue weighted by atomic mass is 19.1. The van der Waals surface area contributed by atoms with Crippen LogP contribution >= 0.6 is 0 Å². The zero-order valence-corrected chi connectivity index (χ0v) is 20.3. The van der Waals surface area contributed by atoms with E-state index in [2.05, 4.69) is 59.2 Å². The Balaban J connectivity index is 1.61. The highest BCUT2D eigenvalue weighted by Gasteiger charge is 2.19. The highest BCUT2D eigenvalue weighted by Crippen LogP contribution is 2.27. The van der Waals surface area contributed by atoms with Gasteiger partial charge in [-0.15, -0.1) is 0 Å². The third kappa shape index (κ3) is 6.34. The van der Waals surface area contributed by atoms with Gasteiger partial charge in [-0.05, 0) is 79.4 Å². The van der Waals surface area contributed by atoms with E-state index in [0.717, 1.165) is 30.9 Å². The molecule has 178 valence electrons. The quantitative estimate of drug-likeness (QED) is 0.348. The van der Waals surface area contributed by atoms with E-state index in [9.17, 15) is 4.39 Å². The lowest BCUT2D eigenvalue weighted by Gasteiger charge is -2.30. The van der Waals surface area contributed by atoms with Crippen LogP contribution in [0, 0.1) is 5.82 Å². The molecule has 3 aromatic carbocycles. The van der Waals surface area contributed by atoms with Crippen molar-refractivity contribution in [1.29, 1.82) is 0 Å². The second kappa shape index (κ2) is 12.0. The Kier molecular flexibility index (Phi) is 8.51. The third-order valence-electron chi connectivity index (χ3n) is 6.82. The molecule has 3 aromatic rings. The Labute approximate surface area is 203 Å². The van der Waals surface area contributed by atoms with Crippen molar-refractivity contribution in [3.63, 3.8) is 0 Å². The van der Waals surface area contributed by atoms with Crippen LogP contribution in [0.3, 0.4) is 0 Å². The van der Waals surface area contributed by atoms with Crippen molar-refractivity contribution in [3.05, 3.63) is 107 Å². The fourth-order valence-electron chi connectivity index (χ4n) is 4.67. The molecule has 3 nitrogen and oxygen atoms in total. The predicted molar refractivity (Wildman–Crippen MR) is 139 cm³/mol. The van der Waals surface area contributed by atoms with Crippen LogP contribution in [-0.4, -0.2) is 49.6 Å². The molecule has 1 fully saturated rings. The zero-order valence-electron chi connectivity index (χ0n) is 20.3. The Hall–Kier alpha value is -2.95. The SMILES string of the molecule is COc1ccc(/C(=C\CN(CCN2CCCC2)[C@H](C)c2ccc(F)cc2)c2ccccc2)cc1. The second-order valence-corrected chi connectivity index (χ2v) is 8.98. The van der Waals surface area contributed by atoms with E-state index in [4.69, 9.17) is 4.74 Å². The number of likely N-dealkylation sites (tertiary alicyclic amines) is 1. The molecule has 0 bridgehead atoms. The van der Waals surface area contributed by atoms with Gasteiger partial charge in [0.05, 0.1) is 7.11 Å². The summed E-state index contributed by atoms with van der Waals surface area (Å²) in [6.07, 6.45) is 4.92. The fourth-order valence-corrected chi connectivity index (χ4v) is 4.67. The lowest BCUT2D eigenvalue weighted by atomic mass is 9.97. The smallest absolute Gasteiger partial charge is 0.123 e. The molecule has 0 N–H and O–H groups in total. The Morgan fingerprint density at radius 3 is 2.24 bits per heavy atom. The van der Waals surface area contributed by atoms with Crippen LogP contribution in [0.1, 0.15) is 42.5 Å². The van der Waals surface area contributed by atoms with Crippen molar-refractivity contribution in [3.8, 4) is 5.75 Å². The average molecular weight is 459 g/mol. The summed E-state index contributed by atoms with van der Waals surface area (Å²) in [4.78, 5) is 5.05. The van der Waals surface area contributed by atoms with Crippen LogP contribution in [0.25, 0.3) is 5.57 Å². The largest absolute Gasteiger partial charge is 0.497 e. The van der Waals surface area contributed by atoms with Gasteiger partial charge in [0.1, 0.15) is 11.6 Å². The van der Waals surface area contributed by atoms with E-state index >= 15 is 0 Å². The third-order valence-corrected chi connectivity index (χ3v) is 6.82. The summed E-state index contributed by atoms with van der Waals surface area (Å²) >= 11 is 0. The fraction of sp³-hybridized carbons (Fsp3) is 0.333. The molecule has 0 amide bonds. The lowest BCUT2D eigenvalue weighted by molar-refractivity contribution is 0.197. The summed E-state index contributed by atoms with van der Waals surface area (Å²) in [7, 11) is 1.69. The molecule has 1 aliphatic heterocycles. The average Bonchev–Trinajstić information content (AvgIpc) is 3.41. The number of methoxy groups -OCH3 is 1. The summed E-state index contributed by atoms with van der Waals surface area (Å²) in [6.45, 7) is 7.44. The van der Waals surface area contributed by atoms with Gasteiger partial charge in [0.15, 0.2) is 0 Å². The summed E-state index contributed by atoms with van der Waals surface area (Å²) in [5.41, 5.74) is 4.71. The molecule has 0 saturated carbocycles.